The van der Waals surface area contributed by atoms with Crippen molar-refractivity contribution in [2.24, 2.45) is 4.99 Å². The first kappa shape index (κ1) is 27.0. The summed E-state index contributed by atoms with van der Waals surface area (Å²) in [4.78, 5) is 36.5. The fourth-order valence-corrected chi connectivity index (χ4v) is 5.49. The number of hydrogen-bond donors (Lipinski definition) is 1. The molecule has 0 bridgehead atoms. The minimum Gasteiger partial charge on any atom is -0.497 e. The number of aliphatic imine (C=N–C) groups is 1. The summed E-state index contributed by atoms with van der Waals surface area (Å²) < 4.78 is 7.33. The summed E-state index contributed by atoms with van der Waals surface area (Å²) in [7, 11) is 1.60. The van der Waals surface area contributed by atoms with Crippen molar-refractivity contribution in [2.45, 2.75) is 27.3 Å². The van der Waals surface area contributed by atoms with Crippen LogP contribution in [0.2, 0.25) is 0 Å². The molecule has 1 aliphatic heterocycles. The Morgan fingerprint density at radius 2 is 1.77 bits per heavy atom. The normalized spacial score (nSPS) is 15.3. The quantitative estimate of drug-likeness (QED) is 0.270. The van der Waals surface area contributed by atoms with Gasteiger partial charge in [0.2, 0.25) is 0 Å². The highest BCUT2D eigenvalue weighted by Gasteiger charge is 2.34. The van der Waals surface area contributed by atoms with Crippen LogP contribution in [-0.4, -0.2) is 43.7 Å². The van der Waals surface area contributed by atoms with Crippen LogP contribution in [0.1, 0.15) is 38.4 Å². The van der Waals surface area contributed by atoms with E-state index in [1.165, 1.54) is 23.9 Å². The Kier molecular flexibility index (Phi) is 7.57. The fraction of sp³-hybridized carbons (Fsp3) is 0.161. The molecule has 1 aliphatic rings. The predicted molar refractivity (Wildman–Crippen MR) is 157 cm³/mol. The summed E-state index contributed by atoms with van der Waals surface area (Å²) in [5.74, 6) is 0.384. The molecule has 0 aliphatic carbocycles. The SMILES string of the molecule is COc1ccc(N=C2S/C(=C\c3cc(C)n(-c4cc(C)ccn4)c3C)C(=O)N2Cc2ccc(C(=O)O)cc2)cc1. The Balaban J connectivity index is 1.51. The minimum atomic E-state index is -0.996. The average Bonchev–Trinajstić information content (AvgIpc) is 3.38. The first-order chi connectivity index (χ1) is 19.2. The third kappa shape index (κ3) is 5.55. The Labute approximate surface area is 236 Å². The number of ether oxygens (including phenoxy) is 1. The van der Waals surface area contributed by atoms with Gasteiger partial charge in [0.1, 0.15) is 11.6 Å². The van der Waals surface area contributed by atoms with Crippen LogP contribution in [0.25, 0.3) is 11.9 Å². The monoisotopic (exact) mass is 552 g/mol. The van der Waals surface area contributed by atoms with Crippen LogP contribution in [0.4, 0.5) is 5.69 Å². The maximum Gasteiger partial charge on any atom is 0.335 e. The zero-order chi connectivity index (χ0) is 28.4. The molecule has 3 heterocycles. The molecule has 0 atom stereocenters. The number of carboxylic acids is 1. The van der Waals surface area contributed by atoms with Crippen molar-refractivity contribution >= 4 is 40.6 Å². The summed E-state index contributed by atoms with van der Waals surface area (Å²) >= 11 is 1.31. The molecule has 0 unspecified atom stereocenters. The van der Waals surface area contributed by atoms with E-state index in [2.05, 4.69) is 9.55 Å². The molecule has 2 aromatic carbocycles. The molecule has 8 nitrogen and oxygen atoms in total. The Bertz CT molecular complexity index is 1650. The molecule has 2 aromatic heterocycles. The molecule has 40 heavy (non-hydrogen) atoms. The number of thioether (sulfide) groups is 1. The van der Waals surface area contributed by atoms with Crippen molar-refractivity contribution in [3.8, 4) is 11.6 Å². The summed E-state index contributed by atoms with van der Waals surface area (Å²) in [5.41, 5.74) is 5.71. The van der Waals surface area contributed by atoms with Crippen molar-refractivity contribution < 1.29 is 19.4 Å². The van der Waals surface area contributed by atoms with E-state index in [1.54, 1.807) is 30.3 Å². The van der Waals surface area contributed by atoms with Crippen molar-refractivity contribution in [3.63, 3.8) is 0 Å². The van der Waals surface area contributed by atoms with E-state index in [1.807, 2.05) is 69.3 Å². The van der Waals surface area contributed by atoms with E-state index in [9.17, 15) is 14.7 Å². The molecule has 5 rings (SSSR count). The van der Waals surface area contributed by atoms with E-state index >= 15 is 0 Å². The van der Waals surface area contributed by atoms with Crippen LogP contribution in [0.5, 0.6) is 5.75 Å². The van der Waals surface area contributed by atoms with Gasteiger partial charge in [0.15, 0.2) is 5.17 Å². The van der Waals surface area contributed by atoms with Gasteiger partial charge in [0, 0.05) is 17.6 Å². The zero-order valence-electron chi connectivity index (χ0n) is 22.6. The van der Waals surface area contributed by atoms with Gasteiger partial charge in [-0.1, -0.05) is 12.1 Å². The van der Waals surface area contributed by atoms with Gasteiger partial charge in [-0.15, -0.1) is 0 Å². The number of methoxy groups -OCH3 is 1. The van der Waals surface area contributed by atoms with E-state index in [0.29, 0.717) is 21.5 Å². The summed E-state index contributed by atoms with van der Waals surface area (Å²) in [6, 6.07) is 19.9. The maximum absolute atomic E-state index is 13.7. The summed E-state index contributed by atoms with van der Waals surface area (Å²) in [6.07, 6.45) is 3.69. The van der Waals surface area contributed by atoms with Crippen molar-refractivity contribution in [1.82, 2.24) is 14.5 Å². The van der Waals surface area contributed by atoms with Crippen molar-refractivity contribution in [3.05, 3.63) is 111 Å². The number of carbonyl (C=O) groups excluding carboxylic acids is 1. The number of carboxylic acid groups (broad SMARTS) is 1. The highest BCUT2D eigenvalue weighted by atomic mass is 32.2. The lowest BCUT2D eigenvalue weighted by atomic mass is 10.1. The summed E-state index contributed by atoms with van der Waals surface area (Å²) in [5, 5.41) is 9.78. The number of amidine groups is 1. The van der Waals surface area contributed by atoms with Gasteiger partial charge >= 0.3 is 5.97 Å². The fourth-order valence-electron chi connectivity index (χ4n) is 4.50. The van der Waals surface area contributed by atoms with Gasteiger partial charge in [0.25, 0.3) is 5.91 Å². The number of aryl methyl sites for hydroxylation is 2. The van der Waals surface area contributed by atoms with Crippen LogP contribution in [0.3, 0.4) is 0 Å². The van der Waals surface area contributed by atoms with E-state index < -0.39 is 5.97 Å². The van der Waals surface area contributed by atoms with Crippen LogP contribution in [-0.2, 0) is 11.3 Å². The second-order valence-corrected chi connectivity index (χ2v) is 10.5. The van der Waals surface area contributed by atoms with Gasteiger partial charge in [-0.2, -0.15) is 0 Å². The Morgan fingerprint density at radius 3 is 2.42 bits per heavy atom. The van der Waals surface area contributed by atoms with Gasteiger partial charge < -0.3 is 14.4 Å². The van der Waals surface area contributed by atoms with E-state index in [0.717, 1.165) is 33.9 Å². The van der Waals surface area contributed by atoms with Crippen LogP contribution >= 0.6 is 11.8 Å². The molecular formula is C31H28N4O4S. The number of aromatic nitrogens is 2. The number of hydrogen-bond acceptors (Lipinski definition) is 6. The molecule has 1 fully saturated rings. The second kappa shape index (κ2) is 11.2. The lowest BCUT2D eigenvalue weighted by Crippen LogP contribution is -2.28. The summed E-state index contributed by atoms with van der Waals surface area (Å²) in [6.45, 7) is 6.32. The van der Waals surface area contributed by atoms with Crippen LogP contribution in [0, 0.1) is 20.8 Å². The van der Waals surface area contributed by atoms with Gasteiger partial charge in [-0.05, 0) is 110 Å². The third-order valence-electron chi connectivity index (χ3n) is 6.61. The Morgan fingerprint density at radius 1 is 1.05 bits per heavy atom. The molecule has 9 heteroatoms. The van der Waals surface area contributed by atoms with Crippen LogP contribution < -0.4 is 4.74 Å². The molecule has 0 saturated carbocycles. The molecule has 1 saturated heterocycles. The molecule has 0 radical (unpaired) electrons. The number of aromatic carboxylic acids is 1. The van der Waals surface area contributed by atoms with Gasteiger partial charge in [0.05, 0.1) is 29.8 Å². The molecule has 1 N–H and O–H groups in total. The number of amides is 1. The van der Waals surface area contributed by atoms with Gasteiger partial charge in [-0.25, -0.2) is 14.8 Å². The van der Waals surface area contributed by atoms with E-state index in [4.69, 9.17) is 9.73 Å². The van der Waals surface area contributed by atoms with Crippen molar-refractivity contribution in [2.75, 3.05) is 7.11 Å². The topological polar surface area (TPSA) is 97.0 Å². The standard InChI is InChI=1S/C31H28N4O4S/c1-19-13-14-32-28(15-19)35-20(2)16-24(21(35)3)17-27-29(36)34(18-22-5-7-23(8-6-22)30(37)38)31(40-27)33-25-9-11-26(39-4)12-10-25/h5-17H,18H2,1-4H3,(H,37,38)/b27-17-,33-31?. The smallest absolute Gasteiger partial charge is 0.335 e. The first-order valence-corrected chi connectivity index (χ1v) is 13.4. The Hall–Kier alpha value is -4.63. The van der Waals surface area contributed by atoms with Crippen LogP contribution in [0.15, 0.2) is 82.8 Å². The van der Waals surface area contributed by atoms with Crippen molar-refractivity contribution in [1.29, 1.82) is 0 Å². The third-order valence-corrected chi connectivity index (χ3v) is 7.62. The molecule has 1 amide bonds. The average molecular weight is 553 g/mol. The highest BCUT2D eigenvalue weighted by molar-refractivity contribution is 8.18. The molecule has 202 valence electrons. The van der Waals surface area contributed by atoms with Gasteiger partial charge in [-0.3, -0.25) is 9.69 Å². The van der Waals surface area contributed by atoms with E-state index in [-0.39, 0.29) is 18.0 Å². The number of carbonyl (C=O) groups is 2. The minimum absolute atomic E-state index is 0.168. The predicted octanol–water partition coefficient (Wildman–Crippen LogP) is 6.31. The lowest BCUT2D eigenvalue weighted by molar-refractivity contribution is -0.122. The molecular weight excluding hydrogens is 524 g/mol. The highest BCUT2D eigenvalue weighted by Crippen LogP contribution is 2.36. The number of benzene rings is 2. The molecule has 4 aromatic rings. The first-order valence-electron chi connectivity index (χ1n) is 12.6. The largest absolute Gasteiger partial charge is 0.497 e. The number of rotatable bonds is 7. The maximum atomic E-state index is 13.7. The lowest BCUT2D eigenvalue weighted by Gasteiger charge is -2.16. The zero-order valence-corrected chi connectivity index (χ0v) is 23.4. The number of pyridine rings is 1. The number of nitrogens with zero attached hydrogens (tertiary/aromatic N) is 4. The second-order valence-electron chi connectivity index (χ2n) is 9.45. The molecule has 0 spiro atoms.